The monoisotopic (exact) mass is 210 g/mol. The zero-order valence-corrected chi connectivity index (χ0v) is 9.30. The van der Waals surface area contributed by atoms with Crippen molar-refractivity contribution in [1.29, 1.82) is 0 Å². The van der Waals surface area contributed by atoms with Gasteiger partial charge in [0.15, 0.2) is 5.12 Å². The van der Waals surface area contributed by atoms with Crippen LogP contribution in [0.5, 0.6) is 0 Å². The molecule has 0 amide bonds. The molecule has 14 heavy (non-hydrogen) atoms. The van der Waals surface area contributed by atoms with Crippen molar-refractivity contribution < 1.29 is 4.79 Å². The Morgan fingerprint density at radius 2 is 2.00 bits per heavy atom. The van der Waals surface area contributed by atoms with Gasteiger partial charge in [0, 0.05) is 31.5 Å². The standard InChI is InChI=1S/C10H14N2OS/c1-3-9-10(12-6-5-11-9)4-7-14-8(2)13/h5-6H,3-4,7H2,1-2H3. The second-order valence-corrected chi connectivity index (χ2v) is 4.17. The average Bonchev–Trinajstić information content (AvgIpc) is 2.18. The molecule has 1 aromatic heterocycles. The van der Waals surface area contributed by atoms with Gasteiger partial charge in [0.1, 0.15) is 0 Å². The molecule has 0 saturated carbocycles. The van der Waals surface area contributed by atoms with Crippen LogP contribution in [-0.2, 0) is 17.6 Å². The molecule has 0 aliphatic rings. The summed E-state index contributed by atoms with van der Waals surface area (Å²) < 4.78 is 0. The summed E-state index contributed by atoms with van der Waals surface area (Å²) in [6.45, 7) is 3.65. The quantitative estimate of drug-likeness (QED) is 0.760. The maximum atomic E-state index is 10.7. The number of carbonyl (C=O) groups excluding carboxylic acids is 1. The zero-order valence-electron chi connectivity index (χ0n) is 8.49. The molecule has 0 spiro atoms. The Balaban J connectivity index is 2.53. The number of thioether (sulfide) groups is 1. The van der Waals surface area contributed by atoms with Crippen molar-refractivity contribution in [3.63, 3.8) is 0 Å². The van der Waals surface area contributed by atoms with Crippen molar-refractivity contribution in [2.24, 2.45) is 0 Å². The Morgan fingerprint density at radius 1 is 1.36 bits per heavy atom. The fraction of sp³-hybridized carbons (Fsp3) is 0.500. The number of hydrogen-bond donors (Lipinski definition) is 0. The lowest BCUT2D eigenvalue weighted by molar-refractivity contribution is -0.109. The summed E-state index contributed by atoms with van der Waals surface area (Å²) >= 11 is 1.34. The van der Waals surface area contributed by atoms with E-state index < -0.39 is 0 Å². The van der Waals surface area contributed by atoms with E-state index in [4.69, 9.17) is 0 Å². The highest BCUT2D eigenvalue weighted by Crippen LogP contribution is 2.08. The highest BCUT2D eigenvalue weighted by atomic mass is 32.2. The van der Waals surface area contributed by atoms with Crippen LogP contribution in [0.1, 0.15) is 25.2 Å². The van der Waals surface area contributed by atoms with E-state index in [1.165, 1.54) is 11.8 Å². The van der Waals surface area contributed by atoms with Crippen LogP contribution in [0.4, 0.5) is 0 Å². The fourth-order valence-corrected chi connectivity index (χ4v) is 1.77. The smallest absolute Gasteiger partial charge is 0.185 e. The Hall–Kier alpha value is -0.900. The molecule has 1 aromatic rings. The van der Waals surface area contributed by atoms with Crippen molar-refractivity contribution in [2.75, 3.05) is 5.75 Å². The molecule has 0 aliphatic heterocycles. The van der Waals surface area contributed by atoms with Crippen LogP contribution in [0.25, 0.3) is 0 Å². The van der Waals surface area contributed by atoms with E-state index >= 15 is 0 Å². The Kier molecular flexibility index (Phi) is 4.59. The Labute approximate surface area is 88.3 Å². The van der Waals surface area contributed by atoms with Crippen LogP contribution in [0.2, 0.25) is 0 Å². The van der Waals surface area contributed by atoms with Crippen molar-refractivity contribution in [2.45, 2.75) is 26.7 Å². The van der Waals surface area contributed by atoms with Crippen LogP contribution in [0.15, 0.2) is 12.4 Å². The second-order valence-electron chi connectivity index (χ2n) is 2.89. The topological polar surface area (TPSA) is 42.9 Å². The first-order valence-corrected chi connectivity index (χ1v) is 5.64. The maximum absolute atomic E-state index is 10.7. The van der Waals surface area contributed by atoms with Gasteiger partial charge in [0.2, 0.25) is 0 Å². The number of rotatable bonds is 4. The first-order chi connectivity index (χ1) is 6.74. The first-order valence-electron chi connectivity index (χ1n) is 4.66. The Morgan fingerprint density at radius 3 is 2.57 bits per heavy atom. The Bertz CT molecular complexity index is 315. The predicted molar refractivity (Wildman–Crippen MR) is 58.3 cm³/mol. The van der Waals surface area contributed by atoms with Gasteiger partial charge < -0.3 is 0 Å². The van der Waals surface area contributed by atoms with Crippen LogP contribution in [0.3, 0.4) is 0 Å². The van der Waals surface area contributed by atoms with Gasteiger partial charge in [0.25, 0.3) is 0 Å². The van der Waals surface area contributed by atoms with Gasteiger partial charge in [0.05, 0.1) is 11.4 Å². The van der Waals surface area contributed by atoms with E-state index in [1.54, 1.807) is 19.3 Å². The van der Waals surface area contributed by atoms with E-state index in [0.717, 1.165) is 30.0 Å². The molecule has 0 saturated heterocycles. The summed E-state index contributed by atoms with van der Waals surface area (Å²) in [5.74, 6) is 0.793. The summed E-state index contributed by atoms with van der Waals surface area (Å²) in [5.41, 5.74) is 2.06. The van der Waals surface area contributed by atoms with Gasteiger partial charge >= 0.3 is 0 Å². The predicted octanol–water partition coefficient (Wildman–Crippen LogP) is 1.86. The average molecular weight is 210 g/mol. The summed E-state index contributed by atoms with van der Waals surface area (Å²) in [6.07, 6.45) is 5.13. The maximum Gasteiger partial charge on any atom is 0.185 e. The third kappa shape index (κ3) is 3.46. The van der Waals surface area contributed by atoms with Crippen molar-refractivity contribution >= 4 is 16.9 Å². The molecule has 0 unspecified atom stereocenters. The summed E-state index contributed by atoms with van der Waals surface area (Å²) in [6, 6.07) is 0. The van der Waals surface area contributed by atoms with Crippen molar-refractivity contribution in [3.8, 4) is 0 Å². The van der Waals surface area contributed by atoms with E-state index in [-0.39, 0.29) is 5.12 Å². The lowest BCUT2D eigenvalue weighted by Gasteiger charge is -2.03. The molecular weight excluding hydrogens is 196 g/mol. The van der Waals surface area contributed by atoms with Crippen LogP contribution >= 0.6 is 11.8 Å². The molecule has 0 N–H and O–H groups in total. The molecule has 76 valence electrons. The summed E-state index contributed by atoms with van der Waals surface area (Å²) in [4.78, 5) is 19.2. The summed E-state index contributed by atoms with van der Waals surface area (Å²) in [5, 5.41) is 0.159. The molecular formula is C10H14N2OS. The molecule has 3 nitrogen and oxygen atoms in total. The molecule has 0 radical (unpaired) electrons. The number of nitrogens with zero attached hydrogens (tertiary/aromatic N) is 2. The van der Waals surface area contributed by atoms with Crippen LogP contribution in [-0.4, -0.2) is 20.8 Å². The summed E-state index contributed by atoms with van der Waals surface area (Å²) in [7, 11) is 0. The molecule has 0 atom stereocenters. The molecule has 4 heteroatoms. The van der Waals surface area contributed by atoms with Crippen molar-refractivity contribution in [3.05, 3.63) is 23.8 Å². The van der Waals surface area contributed by atoms with Crippen molar-refractivity contribution in [1.82, 2.24) is 9.97 Å². The molecule has 0 bridgehead atoms. The highest BCUT2D eigenvalue weighted by molar-refractivity contribution is 8.13. The third-order valence-electron chi connectivity index (χ3n) is 1.84. The van der Waals surface area contributed by atoms with E-state index in [1.807, 2.05) is 0 Å². The van der Waals surface area contributed by atoms with Crippen LogP contribution in [0, 0.1) is 0 Å². The van der Waals surface area contributed by atoms with E-state index in [0.29, 0.717) is 0 Å². The molecule has 0 aromatic carbocycles. The lowest BCUT2D eigenvalue weighted by atomic mass is 10.2. The highest BCUT2D eigenvalue weighted by Gasteiger charge is 2.03. The first kappa shape index (κ1) is 11.2. The van der Waals surface area contributed by atoms with Gasteiger partial charge in [-0.2, -0.15) is 0 Å². The normalized spacial score (nSPS) is 10.1. The number of carbonyl (C=O) groups is 1. The van der Waals surface area contributed by atoms with E-state index in [2.05, 4.69) is 16.9 Å². The number of hydrogen-bond acceptors (Lipinski definition) is 4. The number of aryl methyl sites for hydroxylation is 2. The SMILES string of the molecule is CCc1nccnc1CCSC(C)=O. The lowest BCUT2D eigenvalue weighted by Crippen LogP contribution is -2.01. The third-order valence-corrected chi connectivity index (χ3v) is 2.65. The number of aromatic nitrogens is 2. The van der Waals surface area contributed by atoms with Gasteiger partial charge in [-0.3, -0.25) is 14.8 Å². The molecule has 0 aliphatic carbocycles. The minimum atomic E-state index is 0.159. The molecule has 1 rings (SSSR count). The largest absolute Gasteiger partial charge is 0.288 e. The van der Waals surface area contributed by atoms with Gasteiger partial charge in [-0.1, -0.05) is 18.7 Å². The molecule has 1 heterocycles. The van der Waals surface area contributed by atoms with Gasteiger partial charge in [-0.05, 0) is 6.42 Å². The fourth-order valence-electron chi connectivity index (χ4n) is 1.19. The van der Waals surface area contributed by atoms with E-state index in [9.17, 15) is 4.79 Å². The van der Waals surface area contributed by atoms with Gasteiger partial charge in [-0.25, -0.2) is 0 Å². The molecule has 0 fully saturated rings. The second kappa shape index (κ2) is 5.75. The van der Waals surface area contributed by atoms with Crippen LogP contribution < -0.4 is 0 Å². The minimum Gasteiger partial charge on any atom is -0.288 e. The minimum absolute atomic E-state index is 0.159. The van der Waals surface area contributed by atoms with Gasteiger partial charge in [-0.15, -0.1) is 0 Å². The zero-order chi connectivity index (χ0) is 10.4.